The number of unbranched alkanes of at least 4 members (excludes halogenated alkanes) is 1. The number of nitrogens with one attached hydrogen (secondary N) is 1. The van der Waals surface area contributed by atoms with E-state index in [1.54, 1.807) is 23.2 Å². The highest BCUT2D eigenvalue weighted by Gasteiger charge is 2.21. The number of alkyl halides is 2. The Morgan fingerprint density at radius 1 is 1.18 bits per heavy atom. The van der Waals surface area contributed by atoms with Gasteiger partial charge in [-0.05, 0) is 81.7 Å². The van der Waals surface area contributed by atoms with Crippen molar-refractivity contribution < 1.29 is 18.7 Å². The number of aliphatic carboxylic acids is 1. The molecule has 0 amide bonds. The molecule has 180 valence electrons. The summed E-state index contributed by atoms with van der Waals surface area (Å²) in [5.74, 6) is -0.609. The summed E-state index contributed by atoms with van der Waals surface area (Å²) in [7, 11) is 0. The Bertz CT molecular complexity index is 916. The highest BCUT2D eigenvalue weighted by molar-refractivity contribution is 9.10. The zero-order valence-electron chi connectivity index (χ0n) is 18.7. The molecule has 2 N–H and O–H groups in total. The van der Waals surface area contributed by atoms with Crippen LogP contribution in [0.2, 0.25) is 0 Å². The smallest absolute Gasteiger partial charge is 0.326 e. The topological polar surface area (TPSA) is 78.3 Å². The molecule has 3 rings (SSSR count). The van der Waals surface area contributed by atoms with Crippen LogP contribution in [0.25, 0.3) is 0 Å². The first kappa shape index (κ1) is 25.5. The molecule has 1 atom stereocenters. The number of hydrogen-bond acceptors (Lipinski definition) is 5. The number of rotatable bonds is 13. The predicted octanol–water partition coefficient (Wildman–Crippen LogP) is 4.96. The second-order valence-corrected chi connectivity index (χ2v) is 9.36. The van der Waals surface area contributed by atoms with Crippen LogP contribution < -0.4 is 5.32 Å². The van der Waals surface area contributed by atoms with Crippen LogP contribution in [0, 0.1) is 0 Å². The van der Waals surface area contributed by atoms with E-state index in [0.29, 0.717) is 12.4 Å². The van der Waals surface area contributed by atoms with Gasteiger partial charge in [0.25, 0.3) is 6.43 Å². The van der Waals surface area contributed by atoms with Crippen molar-refractivity contribution in [3.05, 3.63) is 51.9 Å². The zero-order chi connectivity index (χ0) is 23.6. The maximum Gasteiger partial charge on any atom is 0.326 e. The maximum atomic E-state index is 13.1. The first-order valence-corrected chi connectivity index (χ1v) is 12.3. The van der Waals surface area contributed by atoms with Gasteiger partial charge in [-0.3, -0.25) is 9.88 Å². The summed E-state index contributed by atoms with van der Waals surface area (Å²) < 4.78 is 27.0. The summed E-state index contributed by atoms with van der Waals surface area (Å²) in [6.45, 7) is 0.398. The van der Waals surface area contributed by atoms with Gasteiger partial charge < -0.3 is 10.4 Å². The summed E-state index contributed by atoms with van der Waals surface area (Å²) in [5, 5.41) is 12.4. The first-order chi connectivity index (χ1) is 15.9. The minimum Gasteiger partial charge on any atom is -0.480 e. The lowest BCUT2D eigenvalue weighted by atomic mass is 9.95. The number of halogens is 3. The number of aryl methyl sites for hydroxylation is 3. The SMILES string of the molecule is O=C(O)[C@H](CCN(CCCCc1ccc2c(n1)CCCC2)CC(F)F)Nc1cc(Br)ccn1. The molecule has 6 nitrogen and oxygen atoms in total. The number of hydrogen-bond donors (Lipinski definition) is 2. The van der Waals surface area contributed by atoms with Gasteiger partial charge in [-0.2, -0.15) is 0 Å². The highest BCUT2D eigenvalue weighted by Crippen LogP contribution is 2.20. The Hall–Kier alpha value is -2.13. The molecule has 2 heterocycles. The number of carboxylic acid groups (broad SMARTS) is 1. The number of carbonyl (C=O) groups is 1. The van der Waals surface area contributed by atoms with Crippen molar-refractivity contribution in [2.75, 3.05) is 25.0 Å². The first-order valence-electron chi connectivity index (χ1n) is 11.5. The van der Waals surface area contributed by atoms with Crippen molar-refractivity contribution in [1.82, 2.24) is 14.9 Å². The fourth-order valence-electron chi connectivity index (χ4n) is 4.13. The van der Waals surface area contributed by atoms with Gasteiger partial charge in [0, 0.05) is 28.6 Å². The summed E-state index contributed by atoms with van der Waals surface area (Å²) in [6, 6.07) is 6.78. The van der Waals surface area contributed by atoms with E-state index in [0.717, 1.165) is 42.3 Å². The Kier molecular flexibility index (Phi) is 9.99. The summed E-state index contributed by atoms with van der Waals surface area (Å²) in [5.41, 5.74) is 3.63. The van der Waals surface area contributed by atoms with Crippen molar-refractivity contribution in [2.24, 2.45) is 0 Å². The maximum absolute atomic E-state index is 13.1. The molecule has 2 aromatic rings. The Labute approximate surface area is 201 Å². The molecule has 0 spiro atoms. The summed E-state index contributed by atoms with van der Waals surface area (Å²) in [6.07, 6.45) is 6.29. The molecule has 2 aromatic heterocycles. The molecule has 0 saturated heterocycles. The van der Waals surface area contributed by atoms with E-state index in [-0.39, 0.29) is 19.5 Å². The van der Waals surface area contributed by atoms with Crippen LogP contribution >= 0.6 is 15.9 Å². The monoisotopic (exact) mass is 524 g/mol. The Morgan fingerprint density at radius 3 is 2.76 bits per heavy atom. The number of carboxylic acids is 1. The number of nitrogens with zero attached hydrogens (tertiary/aromatic N) is 3. The number of aromatic nitrogens is 2. The normalized spacial score (nSPS) is 14.3. The van der Waals surface area contributed by atoms with Crippen molar-refractivity contribution in [3.8, 4) is 0 Å². The summed E-state index contributed by atoms with van der Waals surface area (Å²) >= 11 is 3.33. The van der Waals surface area contributed by atoms with E-state index >= 15 is 0 Å². The van der Waals surface area contributed by atoms with Gasteiger partial charge >= 0.3 is 5.97 Å². The molecule has 9 heteroatoms. The van der Waals surface area contributed by atoms with Crippen LogP contribution in [-0.4, -0.2) is 58.0 Å². The second kappa shape index (κ2) is 12.9. The molecule has 0 fully saturated rings. The van der Waals surface area contributed by atoms with Crippen LogP contribution in [0.1, 0.15) is 49.1 Å². The number of anilines is 1. The second-order valence-electron chi connectivity index (χ2n) is 8.45. The highest BCUT2D eigenvalue weighted by atomic mass is 79.9. The molecule has 1 aliphatic rings. The third kappa shape index (κ3) is 8.62. The van der Waals surface area contributed by atoms with Crippen molar-refractivity contribution in [1.29, 1.82) is 0 Å². The molecular formula is C24H31BrF2N4O2. The fraction of sp³-hybridized carbons (Fsp3) is 0.542. The van der Waals surface area contributed by atoms with E-state index in [9.17, 15) is 18.7 Å². The van der Waals surface area contributed by atoms with Gasteiger partial charge in [0.05, 0.1) is 6.54 Å². The molecule has 0 saturated carbocycles. The Balaban J connectivity index is 1.47. The van der Waals surface area contributed by atoms with Crippen LogP contribution in [-0.2, 0) is 24.1 Å². The average molecular weight is 525 g/mol. The fourth-order valence-corrected chi connectivity index (χ4v) is 4.46. The van der Waals surface area contributed by atoms with E-state index < -0.39 is 18.4 Å². The minimum atomic E-state index is -2.46. The zero-order valence-corrected chi connectivity index (χ0v) is 20.2. The minimum absolute atomic E-state index is 0.197. The standard InChI is InChI=1S/C24H31BrF2N4O2/c25-18-10-12-28-23(15-18)30-21(24(32)33)11-14-31(16-22(26)27)13-4-3-6-19-9-8-17-5-1-2-7-20(17)29-19/h8-10,12,15,21-22H,1-7,11,13-14,16H2,(H,28,30)(H,32,33)/t21-/m0/s1. The lowest BCUT2D eigenvalue weighted by molar-refractivity contribution is -0.138. The van der Waals surface area contributed by atoms with Crippen LogP contribution in [0.5, 0.6) is 0 Å². The lowest BCUT2D eigenvalue weighted by Gasteiger charge is -2.24. The van der Waals surface area contributed by atoms with Gasteiger partial charge in [-0.15, -0.1) is 0 Å². The van der Waals surface area contributed by atoms with Crippen LogP contribution in [0.4, 0.5) is 14.6 Å². The summed E-state index contributed by atoms with van der Waals surface area (Å²) in [4.78, 5) is 22.2. The van der Waals surface area contributed by atoms with Crippen LogP contribution in [0.3, 0.4) is 0 Å². The van der Waals surface area contributed by atoms with Crippen molar-refractivity contribution >= 4 is 27.7 Å². The molecule has 0 bridgehead atoms. The third-order valence-corrected chi connectivity index (χ3v) is 6.36. The quantitative estimate of drug-likeness (QED) is 0.360. The molecule has 0 unspecified atom stereocenters. The van der Waals surface area contributed by atoms with Crippen LogP contribution in [0.15, 0.2) is 34.9 Å². The number of fused-ring (bicyclic) bond motifs is 1. The van der Waals surface area contributed by atoms with Gasteiger partial charge in [0.1, 0.15) is 11.9 Å². The van der Waals surface area contributed by atoms with Gasteiger partial charge in [-0.1, -0.05) is 22.0 Å². The number of pyridine rings is 2. The van der Waals surface area contributed by atoms with Gasteiger partial charge in [0.15, 0.2) is 0 Å². The molecule has 33 heavy (non-hydrogen) atoms. The van der Waals surface area contributed by atoms with Gasteiger partial charge in [0.2, 0.25) is 0 Å². The average Bonchev–Trinajstić information content (AvgIpc) is 2.78. The van der Waals surface area contributed by atoms with E-state index in [4.69, 9.17) is 4.98 Å². The van der Waals surface area contributed by atoms with E-state index in [2.05, 4.69) is 38.4 Å². The third-order valence-electron chi connectivity index (χ3n) is 5.87. The van der Waals surface area contributed by atoms with E-state index in [1.165, 1.54) is 24.1 Å². The predicted molar refractivity (Wildman–Crippen MR) is 128 cm³/mol. The molecule has 0 aromatic carbocycles. The largest absolute Gasteiger partial charge is 0.480 e. The van der Waals surface area contributed by atoms with Gasteiger partial charge in [-0.25, -0.2) is 18.6 Å². The van der Waals surface area contributed by atoms with E-state index in [1.807, 2.05) is 0 Å². The molecule has 0 aliphatic heterocycles. The molecule has 0 radical (unpaired) electrons. The molecule has 1 aliphatic carbocycles. The lowest BCUT2D eigenvalue weighted by Crippen LogP contribution is -2.37. The van der Waals surface area contributed by atoms with Crippen molar-refractivity contribution in [3.63, 3.8) is 0 Å². The van der Waals surface area contributed by atoms with Crippen molar-refractivity contribution in [2.45, 2.75) is 63.8 Å². The molecular weight excluding hydrogens is 494 g/mol. The Morgan fingerprint density at radius 2 is 2.00 bits per heavy atom.